The highest BCUT2D eigenvalue weighted by molar-refractivity contribution is 7.89. The van der Waals surface area contributed by atoms with Crippen LogP contribution in [-0.2, 0) is 34.9 Å². The number of anilines is 1. The van der Waals surface area contributed by atoms with Crippen LogP contribution in [0, 0.1) is 12.8 Å². The standard InChI is InChI=1S/C23H30N2O5S/c1-13-19(23(2,3)27)18(22(30-13)31(24,28)29)21(26)25-20-16(12-14-6-4-7-14)11-10-15-8-5-9-17(15)20/h10-11,14,27H,4-9,12H2,1-3H3,(H,25,26)(H2,24,28,29). The minimum absolute atomic E-state index is 0.127. The lowest BCUT2D eigenvalue weighted by molar-refractivity contribution is 0.0746. The number of sulfonamides is 1. The van der Waals surface area contributed by atoms with Crippen LogP contribution in [0.5, 0.6) is 0 Å². The Hall–Kier alpha value is -2.16. The average molecular weight is 447 g/mol. The molecule has 0 spiro atoms. The molecule has 7 nitrogen and oxygen atoms in total. The summed E-state index contributed by atoms with van der Waals surface area (Å²) in [5, 5.41) is 18.4. The van der Waals surface area contributed by atoms with Crippen LogP contribution in [0.3, 0.4) is 0 Å². The Kier molecular flexibility index (Phi) is 5.52. The van der Waals surface area contributed by atoms with Gasteiger partial charge in [-0.05, 0) is 69.1 Å². The molecular formula is C23H30N2O5S. The van der Waals surface area contributed by atoms with Gasteiger partial charge < -0.3 is 14.8 Å². The summed E-state index contributed by atoms with van der Waals surface area (Å²) in [5.74, 6) is 0.126. The Balaban J connectivity index is 1.80. The first kappa shape index (κ1) is 22.0. The third kappa shape index (κ3) is 4.16. The lowest BCUT2D eigenvalue weighted by Crippen LogP contribution is -2.26. The van der Waals surface area contributed by atoms with Gasteiger partial charge in [0.15, 0.2) is 0 Å². The summed E-state index contributed by atoms with van der Waals surface area (Å²) in [7, 11) is -4.31. The quantitative estimate of drug-likeness (QED) is 0.626. The molecule has 4 rings (SSSR count). The van der Waals surface area contributed by atoms with E-state index in [1.54, 1.807) is 0 Å². The largest absolute Gasteiger partial charge is 0.447 e. The highest BCUT2D eigenvalue weighted by atomic mass is 32.2. The normalized spacial score (nSPS) is 16.8. The number of benzene rings is 1. The van der Waals surface area contributed by atoms with E-state index in [0.29, 0.717) is 5.92 Å². The van der Waals surface area contributed by atoms with E-state index in [-0.39, 0.29) is 16.9 Å². The number of aliphatic hydroxyl groups is 1. The number of nitrogens with one attached hydrogen (secondary N) is 1. The third-order valence-electron chi connectivity index (χ3n) is 6.49. The summed E-state index contributed by atoms with van der Waals surface area (Å²) in [6.45, 7) is 4.48. The molecule has 0 bridgehead atoms. The molecular weight excluding hydrogens is 416 g/mol. The predicted molar refractivity (Wildman–Crippen MR) is 118 cm³/mol. The van der Waals surface area contributed by atoms with Crippen molar-refractivity contribution < 1.29 is 22.7 Å². The number of carbonyl (C=O) groups excluding carboxylic acids is 1. The van der Waals surface area contributed by atoms with Crippen molar-refractivity contribution >= 4 is 21.6 Å². The van der Waals surface area contributed by atoms with Crippen molar-refractivity contribution in [3.63, 3.8) is 0 Å². The van der Waals surface area contributed by atoms with Gasteiger partial charge in [0.05, 0.1) is 5.60 Å². The van der Waals surface area contributed by atoms with E-state index in [1.807, 2.05) is 0 Å². The van der Waals surface area contributed by atoms with E-state index in [0.717, 1.165) is 42.5 Å². The molecule has 1 aromatic heterocycles. The Labute approximate surface area is 183 Å². The molecule has 1 aromatic carbocycles. The molecule has 2 aliphatic rings. The summed E-state index contributed by atoms with van der Waals surface area (Å²) in [5.41, 5.74) is 2.59. The SMILES string of the molecule is Cc1oc(S(N)(=O)=O)c(C(=O)Nc2c(CC3CCC3)ccc3c2CCC3)c1C(C)(C)O. The van der Waals surface area contributed by atoms with Crippen LogP contribution < -0.4 is 10.5 Å². The number of furan rings is 1. The highest BCUT2D eigenvalue weighted by Crippen LogP contribution is 2.39. The third-order valence-corrected chi connectivity index (χ3v) is 7.29. The first-order chi connectivity index (χ1) is 14.5. The second-order valence-electron chi connectivity index (χ2n) is 9.35. The molecule has 0 aliphatic heterocycles. The van der Waals surface area contributed by atoms with Crippen LogP contribution in [0.1, 0.15) is 77.9 Å². The molecule has 0 saturated heterocycles. The first-order valence-electron chi connectivity index (χ1n) is 10.8. The van der Waals surface area contributed by atoms with Crippen LogP contribution in [0.25, 0.3) is 0 Å². The molecule has 0 unspecified atom stereocenters. The number of hydrogen-bond donors (Lipinski definition) is 3. The van der Waals surface area contributed by atoms with Crippen LogP contribution in [-0.4, -0.2) is 19.4 Å². The molecule has 31 heavy (non-hydrogen) atoms. The van der Waals surface area contributed by atoms with Crippen LogP contribution in [0.15, 0.2) is 21.6 Å². The fourth-order valence-electron chi connectivity index (χ4n) is 4.89. The predicted octanol–water partition coefficient (Wildman–Crippen LogP) is 3.55. The lowest BCUT2D eigenvalue weighted by Gasteiger charge is -2.27. The molecule has 8 heteroatoms. The molecule has 168 valence electrons. The average Bonchev–Trinajstić information content (AvgIpc) is 3.22. The summed E-state index contributed by atoms with van der Waals surface area (Å²) in [6, 6.07) is 4.22. The maximum atomic E-state index is 13.5. The molecule has 4 N–H and O–H groups in total. The van der Waals surface area contributed by atoms with Gasteiger partial charge in [-0.3, -0.25) is 4.79 Å². The van der Waals surface area contributed by atoms with E-state index in [9.17, 15) is 18.3 Å². The van der Waals surface area contributed by atoms with E-state index in [1.165, 1.54) is 45.6 Å². The number of hydrogen-bond acceptors (Lipinski definition) is 5. The Morgan fingerprint density at radius 2 is 1.97 bits per heavy atom. The molecule has 1 amide bonds. The smallest absolute Gasteiger partial charge is 0.272 e. The lowest BCUT2D eigenvalue weighted by atomic mass is 9.80. The van der Waals surface area contributed by atoms with Gasteiger partial charge in [0.2, 0.25) is 5.09 Å². The topological polar surface area (TPSA) is 123 Å². The van der Waals surface area contributed by atoms with Crippen molar-refractivity contribution in [1.29, 1.82) is 0 Å². The van der Waals surface area contributed by atoms with Crippen molar-refractivity contribution in [2.24, 2.45) is 11.1 Å². The number of aryl methyl sites for hydroxylation is 2. The summed E-state index contributed by atoms with van der Waals surface area (Å²) in [4.78, 5) is 13.5. The van der Waals surface area contributed by atoms with Crippen molar-refractivity contribution in [3.8, 4) is 0 Å². The maximum Gasteiger partial charge on any atom is 0.272 e. The molecule has 1 saturated carbocycles. The van der Waals surface area contributed by atoms with Crippen molar-refractivity contribution in [2.45, 2.75) is 76.4 Å². The zero-order chi connectivity index (χ0) is 22.6. The maximum absolute atomic E-state index is 13.5. The molecule has 0 radical (unpaired) electrons. The second-order valence-corrected chi connectivity index (χ2v) is 10.8. The molecule has 2 aromatic rings. The zero-order valence-corrected chi connectivity index (χ0v) is 19.1. The monoisotopic (exact) mass is 446 g/mol. The molecule has 1 fully saturated rings. The minimum Gasteiger partial charge on any atom is -0.447 e. The highest BCUT2D eigenvalue weighted by Gasteiger charge is 2.37. The summed E-state index contributed by atoms with van der Waals surface area (Å²) >= 11 is 0. The van der Waals surface area contributed by atoms with Gasteiger partial charge in [0, 0.05) is 11.3 Å². The van der Waals surface area contributed by atoms with E-state index in [4.69, 9.17) is 9.56 Å². The van der Waals surface area contributed by atoms with Crippen molar-refractivity contribution in [1.82, 2.24) is 0 Å². The van der Waals surface area contributed by atoms with Gasteiger partial charge in [0.1, 0.15) is 11.3 Å². The zero-order valence-electron chi connectivity index (χ0n) is 18.2. The minimum atomic E-state index is -4.31. The first-order valence-corrected chi connectivity index (χ1v) is 12.4. The van der Waals surface area contributed by atoms with Crippen molar-refractivity contribution in [3.05, 3.63) is 45.7 Å². The van der Waals surface area contributed by atoms with Crippen LogP contribution >= 0.6 is 0 Å². The number of primary sulfonamides is 1. The molecule has 2 aliphatic carbocycles. The van der Waals surface area contributed by atoms with Crippen molar-refractivity contribution in [2.75, 3.05) is 5.32 Å². The van der Waals surface area contributed by atoms with Crippen LogP contribution in [0.2, 0.25) is 0 Å². The Morgan fingerprint density at radius 1 is 1.26 bits per heavy atom. The number of carbonyl (C=O) groups is 1. The fraction of sp³-hybridized carbons (Fsp3) is 0.522. The number of amides is 1. The van der Waals surface area contributed by atoms with E-state index < -0.39 is 26.6 Å². The van der Waals surface area contributed by atoms with Gasteiger partial charge in [-0.2, -0.15) is 0 Å². The second kappa shape index (κ2) is 7.76. The van der Waals surface area contributed by atoms with Gasteiger partial charge in [-0.15, -0.1) is 0 Å². The Morgan fingerprint density at radius 3 is 2.55 bits per heavy atom. The molecule has 1 heterocycles. The van der Waals surface area contributed by atoms with E-state index >= 15 is 0 Å². The van der Waals surface area contributed by atoms with Gasteiger partial charge in [-0.25, -0.2) is 13.6 Å². The van der Waals surface area contributed by atoms with Crippen LogP contribution in [0.4, 0.5) is 5.69 Å². The number of fused-ring (bicyclic) bond motifs is 1. The summed E-state index contributed by atoms with van der Waals surface area (Å²) < 4.78 is 29.7. The number of nitrogens with two attached hydrogens (primary N) is 1. The summed E-state index contributed by atoms with van der Waals surface area (Å²) in [6.07, 6.45) is 7.34. The molecule has 0 atom stereocenters. The van der Waals surface area contributed by atoms with Gasteiger partial charge >= 0.3 is 0 Å². The Bertz CT molecular complexity index is 1140. The number of rotatable bonds is 6. The van der Waals surface area contributed by atoms with Gasteiger partial charge in [-0.1, -0.05) is 31.4 Å². The van der Waals surface area contributed by atoms with Gasteiger partial charge in [0.25, 0.3) is 15.9 Å². The fourth-order valence-corrected chi connectivity index (χ4v) is 5.61. The van der Waals surface area contributed by atoms with E-state index in [2.05, 4.69) is 17.4 Å².